The van der Waals surface area contributed by atoms with E-state index in [0.29, 0.717) is 24.9 Å². The van der Waals surface area contributed by atoms with E-state index in [4.69, 9.17) is 9.47 Å². The maximum Gasteiger partial charge on any atom is 0.165 e. The minimum absolute atomic E-state index is 0.224. The Morgan fingerprint density at radius 1 is 1.29 bits per heavy atom. The molecular weight excluding hydrogens is 216 g/mol. The van der Waals surface area contributed by atoms with Crippen LogP contribution >= 0.6 is 0 Å². The summed E-state index contributed by atoms with van der Waals surface area (Å²) in [6.45, 7) is 5.58. The van der Waals surface area contributed by atoms with E-state index in [-0.39, 0.29) is 5.92 Å². The molecule has 0 spiro atoms. The molecule has 0 N–H and O–H groups in total. The van der Waals surface area contributed by atoms with Crippen LogP contribution in [0.3, 0.4) is 0 Å². The number of Topliss-reactive ketones (excluding diaryl/α,β-unsaturated/α-hetero) is 1. The highest BCUT2D eigenvalue weighted by Crippen LogP contribution is 2.33. The molecule has 3 nitrogen and oxygen atoms in total. The van der Waals surface area contributed by atoms with Crippen LogP contribution in [-0.2, 0) is 14.3 Å². The van der Waals surface area contributed by atoms with E-state index in [2.05, 4.69) is 6.92 Å². The Labute approximate surface area is 104 Å². The van der Waals surface area contributed by atoms with Crippen molar-refractivity contribution in [1.82, 2.24) is 0 Å². The van der Waals surface area contributed by atoms with Gasteiger partial charge in [0.1, 0.15) is 5.78 Å². The van der Waals surface area contributed by atoms with Gasteiger partial charge in [0.15, 0.2) is 5.79 Å². The van der Waals surface area contributed by atoms with Crippen molar-refractivity contribution < 1.29 is 14.3 Å². The van der Waals surface area contributed by atoms with Crippen molar-refractivity contribution in [1.29, 1.82) is 0 Å². The molecule has 0 unspecified atom stereocenters. The summed E-state index contributed by atoms with van der Waals surface area (Å²) in [7, 11) is 0. The SMILES string of the molecule is C[C@H]1CCCCC(=O)[C@H]1CCC1(C)OCCO1. The zero-order chi connectivity index (χ0) is 12.3. The van der Waals surface area contributed by atoms with Gasteiger partial charge in [-0.2, -0.15) is 0 Å². The van der Waals surface area contributed by atoms with Crippen LogP contribution in [0.15, 0.2) is 0 Å². The first-order chi connectivity index (χ1) is 8.11. The van der Waals surface area contributed by atoms with Crippen molar-refractivity contribution >= 4 is 5.78 Å². The van der Waals surface area contributed by atoms with Crippen molar-refractivity contribution in [2.24, 2.45) is 11.8 Å². The Kier molecular flexibility index (Phi) is 4.21. The van der Waals surface area contributed by atoms with Gasteiger partial charge in [-0.25, -0.2) is 0 Å². The van der Waals surface area contributed by atoms with Crippen LogP contribution in [0.2, 0.25) is 0 Å². The van der Waals surface area contributed by atoms with E-state index in [0.717, 1.165) is 25.7 Å². The number of carbonyl (C=O) groups excluding carboxylic acids is 1. The van der Waals surface area contributed by atoms with Crippen molar-refractivity contribution in [3.05, 3.63) is 0 Å². The van der Waals surface area contributed by atoms with Crippen molar-refractivity contribution in [2.75, 3.05) is 13.2 Å². The van der Waals surface area contributed by atoms with Gasteiger partial charge in [0, 0.05) is 18.8 Å². The average Bonchev–Trinajstić information content (AvgIpc) is 2.65. The van der Waals surface area contributed by atoms with Crippen LogP contribution < -0.4 is 0 Å². The first-order valence-corrected chi connectivity index (χ1v) is 6.91. The van der Waals surface area contributed by atoms with Crippen LogP contribution in [0.5, 0.6) is 0 Å². The fourth-order valence-corrected chi connectivity index (χ4v) is 3.03. The molecule has 1 saturated heterocycles. The Morgan fingerprint density at radius 2 is 2.00 bits per heavy atom. The molecule has 1 aliphatic heterocycles. The van der Waals surface area contributed by atoms with E-state index >= 15 is 0 Å². The van der Waals surface area contributed by atoms with Crippen molar-refractivity contribution in [2.45, 2.75) is 58.2 Å². The van der Waals surface area contributed by atoms with Gasteiger partial charge in [0.25, 0.3) is 0 Å². The second-order valence-electron chi connectivity index (χ2n) is 5.67. The molecular formula is C14H24O3. The molecule has 0 amide bonds. The van der Waals surface area contributed by atoms with Crippen molar-refractivity contribution in [3.63, 3.8) is 0 Å². The molecule has 0 aromatic heterocycles. The molecule has 0 bridgehead atoms. The topological polar surface area (TPSA) is 35.5 Å². The molecule has 1 saturated carbocycles. The van der Waals surface area contributed by atoms with Gasteiger partial charge >= 0.3 is 0 Å². The summed E-state index contributed by atoms with van der Waals surface area (Å²) in [6.07, 6.45) is 5.99. The van der Waals surface area contributed by atoms with Gasteiger partial charge < -0.3 is 9.47 Å². The predicted octanol–water partition coefficient (Wildman–Crippen LogP) is 2.93. The molecule has 2 atom stereocenters. The normalized spacial score (nSPS) is 33.6. The molecule has 0 aromatic carbocycles. The van der Waals surface area contributed by atoms with Gasteiger partial charge in [0.2, 0.25) is 0 Å². The third-order valence-electron chi connectivity index (χ3n) is 4.24. The quantitative estimate of drug-likeness (QED) is 0.711. The van der Waals surface area contributed by atoms with E-state index in [1.165, 1.54) is 12.8 Å². The summed E-state index contributed by atoms with van der Waals surface area (Å²) in [5.41, 5.74) is 0. The summed E-state index contributed by atoms with van der Waals surface area (Å²) in [5.74, 6) is 0.764. The van der Waals surface area contributed by atoms with E-state index in [9.17, 15) is 4.79 Å². The lowest BCUT2D eigenvalue weighted by Gasteiger charge is -2.26. The molecule has 17 heavy (non-hydrogen) atoms. The number of rotatable bonds is 3. The summed E-state index contributed by atoms with van der Waals surface area (Å²) in [6, 6.07) is 0. The lowest BCUT2D eigenvalue weighted by molar-refractivity contribution is -0.151. The zero-order valence-electron chi connectivity index (χ0n) is 11.0. The Hall–Kier alpha value is -0.410. The Morgan fingerprint density at radius 3 is 2.71 bits per heavy atom. The van der Waals surface area contributed by atoms with Crippen LogP contribution in [0.1, 0.15) is 52.4 Å². The largest absolute Gasteiger partial charge is 0.348 e. The van der Waals surface area contributed by atoms with E-state index < -0.39 is 5.79 Å². The molecule has 2 fully saturated rings. The Balaban J connectivity index is 1.89. The fraction of sp³-hybridized carbons (Fsp3) is 0.929. The predicted molar refractivity (Wildman–Crippen MR) is 65.7 cm³/mol. The minimum Gasteiger partial charge on any atom is -0.348 e. The number of hydrogen-bond acceptors (Lipinski definition) is 3. The van der Waals surface area contributed by atoms with Crippen LogP contribution in [-0.4, -0.2) is 24.8 Å². The smallest absolute Gasteiger partial charge is 0.165 e. The standard InChI is InChI=1S/C14H24O3/c1-11-5-3-4-6-13(15)12(11)7-8-14(2)16-9-10-17-14/h11-12H,3-10H2,1-2H3/t11-,12-/m0/s1. The van der Waals surface area contributed by atoms with Crippen LogP contribution in [0, 0.1) is 11.8 Å². The molecule has 1 aliphatic carbocycles. The second-order valence-corrected chi connectivity index (χ2v) is 5.67. The maximum absolute atomic E-state index is 12.1. The first-order valence-electron chi connectivity index (χ1n) is 6.91. The monoisotopic (exact) mass is 240 g/mol. The number of hydrogen-bond donors (Lipinski definition) is 0. The highest BCUT2D eigenvalue weighted by atomic mass is 16.7. The average molecular weight is 240 g/mol. The molecule has 98 valence electrons. The second kappa shape index (κ2) is 5.49. The molecule has 1 heterocycles. The van der Waals surface area contributed by atoms with Gasteiger partial charge in [0.05, 0.1) is 13.2 Å². The summed E-state index contributed by atoms with van der Waals surface area (Å²) < 4.78 is 11.2. The first kappa shape index (κ1) is 13.0. The fourth-order valence-electron chi connectivity index (χ4n) is 3.03. The number of ketones is 1. The van der Waals surface area contributed by atoms with Crippen LogP contribution in [0.25, 0.3) is 0 Å². The summed E-state index contributed by atoms with van der Waals surface area (Å²) in [5, 5.41) is 0. The highest BCUT2D eigenvalue weighted by Gasteiger charge is 2.34. The molecule has 0 radical (unpaired) electrons. The molecule has 3 heteroatoms. The summed E-state index contributed by atoms with van der Waals surface area (Å²) >= 11 is 0. The molecule has 2 aliphatic rings. The van der Waals surface area contributed by atoms with Gasteiger partial charge in [-0.05, 0) is 25.7 Å². The van der Waals surface area contributed by atoms with Crippen molar-refractivity contribution in [3.8, 4) is 0 Å². The third-order valence-corrected chi connectivity index (χ3v) is 4.24. The molecule has 0 aromatic rings. The van der Waals surface area contributed by atoms with Gasteiger partial charge in [-0.15, -0.1) is 0 Å². The lowest BCUT2D eigenvalue weighted by Crippen LogP contribution is -2.29. The number of carbonyl (C=O) groups is 1. The number of ether oxygens (including phenoxy) is 2. The minimum atomic E-state index is -0.438. The third kappa shape index (κ3) is 3.29. The zero-order valence-corrected chi connectivity index (χ0v) is 11.0. The lowest BCUT2D eigenvalue weighted by atomic mass is 9.84. The highest BCUT2D eigenvalue weighted by molar-refractivity contribution is 5.81. The maximum atomic E-state index is 12.1. The van der Waals surface area contributed by atoms with E-state index in [1.54, 1.807) is 0 Å². The van der Waals surface area contributed by atoms with E-state index in [1.807, 2.05) is 6.92 Å². The van der Waals surface area contributed by atoms with Crippen LogP contribution in [0.4, 0.5) is 0 Å². The Bertz CT molecular complexity index is 269. The molecule has 2 rings (SSSR count). The summed E-state index contributed by atoms with van der Waals surface area (Å²) in [4.78, 5) is 12.1. The van der Waals surface area contributed by atoms with Gasteiger partial charge in [-0.1, -0.05) is 19.8 Å². The van der Waals surface area contributed by atoms with Gasteiger partial charge in [-0.3, -0.25) is 4.79 Å².